The lowest BCUT2D eigenvalue weighted by Gasteiger charge is -2.18. The minimum atomic E-state index is -0.131. The first kappa shape index (κ1) is 19.2. The maximum Gasteiger partial charge on any atom is 0.317 e. The van der Waals surface area contributed by atoms with Crippen LogP contribution in [0.1, 0.15) is 16.3 Å². The predicted molar refractivity (Wildman–Crippen MR) is 101 cm³/mol. The van der Waals surface area contributed by atoms with E-state index in [4.69, 9.17) is 4.74 Å². The molecule has 0 saturated carbocycles. The fraction of sp³-hybridized carbons (Fsp3) is 0.444. The maximum atomic E-state index is 12.3. The molecule has 2 amide bonds. The SMILES string of the molecule is Cc1nc(CN(C)C(=O)NCc2ccccc2OCCN(C)C)cs1. The fourth-order valence-corrected chi connectivity index (χ4v) is 2.83. The van der Waals surface area contributed by atoms with E-state index >= 15 is 0 Å². The normalized spacial score (nSPS) is 10.8. The highest BCUT2D eigenvalue weighted by Crippen LogP contribution is 2.18. The molecule has 0 spiro atoms. The number of hydrogen-bond donors (Lipinski definition) is 1. The zero-order chi connectivity index (χ0) is 18.2. The first-order valence-corrected chi connectivity index (χ1v) is 9.09. The number of urea groups is 1. The van der Waals surface area contributed by atoms with Gasteiger partial charge < -0.3 is 19.9 Å². The average Bonchev–Trinajstić information content (AvgIpc) is 2.98. The molecule has 136 valence electrons. The number of nitrogens with zero attached hydrogens (tertiary/aromatic N) is 3. The summed E-state index contributed by atoms with van der Waals surface area (Å²) < 4.78 is 5.82. The molecule has 6 nitrogen and oxygen atoms in total. The molecule has 1 aromatic heterocycles. The Labute approximate surface area is 153 Å². The van der Waals surface area contributed by atoms with Crippen molar-refractivity contribution in [1.82, 2.24) is 20.1 Å². The summed E-state index contributed by atoms with van der Waals surface area (Å²) in [6, 6.07) is 7.65. The number of rotatable bonds is 8. The Morgan fingerprint density at radius 2 is 2.04 bits per heavy atom. The van der Waals surface area contributed by atoms with Gasteiger partial charge in [-0.15, -0.1) is 11.3 Å². The van der Waals surface area contributed by atoms with E-state index in [1.165, 1.54) is 0 Å². The summed E-state index contributed by atoms with van der Waals surface area (Å²) in [6.07, 6.45) is 0. The second-order valence-corrected chi connectivity index (χ2v) is 7.19. The van der Waals surface area contributed by atoms with E-state index in [0.717, 1.165) is 28.6 Å². The summed E-state index contributed by atoms with van der Waals surface area (Å²) in [6.45, 7) is 4.34. The molecule has 25 heavy (non-hydrogen) atoms. The van der Waals surface area contributed by atoms with Crippen molar-refractivity contribution in [3.8, 4) is 5.75 Å². The number of aryl methyl sites for hydroxylation is 1. The fourth-order valence-electron chi connectivity index (χ4n) is 2.23. The molecule has 0 aliphatic heterocycles. The smallest absolute Gasteiger partial charge is 0.317 e. The van der Waals surface area contributed by atoms with E-state index in [-0.39, 0.29) is 6.03 Å². The molecule has 0 unspecified atom stereocenters. The van der Waals surface area contributed by atoms with Gasteiger partial charge in [0.2, 0.25) is 0 Å². The van der Waals surface area contributed by atoms with Gasteiger partial charge in [-0.1, -0.05) is 18.2 Å². The van der Waals surface area contributed by atoms with E-state index in [0.29, 0.717) is 19.7 Å². The number of ether oxygens (including phenoxy) is 1. The van der Waals surface area contributed by atoms with Crippen molar-refractivity contribution in [2.45, 2.75) is 20.0 Å². The van der Waals surface area contributed by atoms with E-state index in [1.807, 2.05) is 50.7 Å². The number of nitrogens with one attached hydrogen (secondary N) is 1. The van der Waals surface area contributed by atoms with Crippen molar-refractivity contribution in [2.24, 2.45) is 0 Å². The van der Waals surface area contributed by atoms with Crippen molar-refractivity contribution in [1.29, 1.82) is 0 Å². The summed E-state index contributed by atoms with van der Waals surface area (Å²) in [5.41, 5.74) is 1.88. The van der Waals surface area contributed by atoms with Gasteiger partial charge in [0.15, 0.2) is 0 Å². The summed E-state index contributed by atoms with van der Waals surface area (Å²) >= 11 is 1.59. The molecule has 0 radical (unpaired) electrons. The molecule has 1 N–H and O–H groups in total. The van der Waals surface area contributed by atoms with Crippen LogP contribution in [0.15, 0.2) is 29.6 Å². The van der Waals surface area contributed by atoms with Crippen LogP contribution in [0.25, 0.3) is 0 Å². The molecular weight excluding hydrogens is 336 g/mol. The van der Waals surface area contributed by atoms with Gasteiger partial charge in [0.1, 0.15) is 12.4 Å². The summed E-state index contributed by atoms with van der Waals surface area (Å²) in [7, 11) is 5.79. The zero-order valence-corrected chi connectivity index (χ0v) is 16.1. The molecule has 0 atom stereocenters. The van der Waals surface area contributed by atoms with Gasteiger partial charge in [0.05, 0.1) is 17.2 Å². The van der Waals surface area contributed by atoms with Gasteiger partial charge in [-0.3, -0.25) is 0 Å². The first-order valence-electron chi connectivity index (χ1n) is 8.21. The Morgan fingerprint density at radius 3 is 2.72 bits per heavy atom. The summed E-state index contributed by atoms with van der Waals surface area (Å²) in [5, 5.41) is 5.92. The first-order chi connectivity index (χ1) is 12.0. The van der Waals surface area contributed by atoms with Gasteiger partial charge in [0.25, 0.3) is 0 Å². The molecule has 0 aliphatic rings. The van der Waals surface area contributed by atoms with Crippen molar-refractivity contribution >= 4 is 17.4 Å². The number of aromatic nitrogens is 1. The van der Waals surface area contributed by atoms with E-state index < -0.39 is 0 Å². The molecule has 0 bridgehead atoms. The van der Waals surface area contributed by atoms with E-state index in [9.17, 15) is 4.79 Å². The van der Waals surface area contributed by atoms with Gasteiger partial charge in [-0.05, 0) is 27.1 Å². The number of para-hydroxylation sites is 1. The number of carbonyl (C=O) groups is 1. The average molecular weight is 362 g/mol. The molecule has 1 heterocycles. The molecule has 0 saturated heterocycles. The number of likely N-dealkylation sites (N-methyl/N-ethyl adjacent to an activating group) is 1. The highest BCUT2D eigenvalue weighted by atomic mass is 32.1. The third kappa shape index (κ3) is 6.36. The third-order valence-electron chi connectivity index (χ3n) is 3.61. The molecule has 7 heteroatoms. The van der Waals surface area contributed by atoms with E-state index in [1.54, 1.807) is 23.3 Å². The van der Waals surface area contributed by atoms with Crippen molar-refractivity contribution in [2.75, 3.05) is 34.3 Å². The van der Waals surface area contributed by atoms with Crippen LogP contribution in [-0.2, 0) is 13.1 Å². The Morgan fingerprint density at radius 1 is 1.28 bits per heavy atom. The van der Waals surface area contributed by atoms with Crippen LogP contribution in [0, 0.1) is 6.92 Å². The number of benzene rings is 1. The van der Waals surface area contributed by atoms with Crippen molar-refractivity contribution in [3.05, 3.63) is 45.9 Å². The second-order valence-electron chi connectivity index (χ2n) is 6.13. The monoisotopic (exact) mass is 362 g/mol. The second kappa shape index (κ2) is 9.39. The van der Waals surface area contributed by atoms with Gasteiger partial charge in [-0.25, -0.2) is 9.78 Å². The lowest BCUT2D eigenvalue weighted by atomic mass is 10.2. The molecule has 0 fully saturated rings. The van der Waals surface area contributed by atoms with Crippen LogP contribution in [0.4, 0.5) is 4.79 Å². The van der Waals surface area contributed by atoms with Crippen LogP contribution in [-0.4, -0.2) is 55.1 Å². The van der Waals surface area contributed by atoms with Crippen molar-refractivity contribution < 1.29 is 9.53 Å². The molecule has 0 aliphatic carbocycles. The summed E-state index contributed by atoms with van der Waals surface area (Å²) in [4.78, 5) is 20.4. The van der Waals surface area contributed by atoms with Crippen LogP contribution in [0.5, 0.6) is 5.75 Å². The lowest BCUT2D eigenvalue weighted by Crippen LogP contribution is -2.36. The topological polar surface area (TPSA) is 57.7 Å². The number of hydrogen-bond acceptors (Lipinski definition) is 5. The Kier molecular flexibility index (Phi) is 7.21. The minimum Gasteiger partial charge on any atom is -0.492 e. The van der Waals surface area contributed by atoms with E-state index in [2.05, 4.69) is 15.2 Å². The Balaban J connectivity index is 1.86. The highest BCUT2D eigenvalue weighted by molar-refractivity contribution is 7.09. The van der Waals surface area contributed by atoms with Crippen LogP contribution in [0.2, 0.25) is 0 Å². The Bertz CT molecular complexity index is 687. The van der Waals surface area contributed by atoms with Crippen molar-refractivity contribution in [3.63, 3.8) is 0 Å². The highest BCUT2D eigenvalue weighted by Gasteiger charge is 2.12. The summed E-state index contributed by atoms with van der Waals surface area (Å²) in [5.74, 6) is 0.808. The minimum absolute atomic E-state index is 0.131. The van der Waals surface area contributed by atoms with Crippen LogP contribution in [0.3, 0.4) is 0 Å². The predicted octanol–water partition coefficient (Wildman–Crippen LogP) is 2.73. The number of thiazole rings is 1. The zero-order valence-electron chi connectivity index (χ0n) is 15.3. The molecule has 1 aromatic carbocycles. The largest absolute Gasteiger partial charge is 0.492 e. The van der Waals surface area contributed by atoms with Crippen LogP contribution < -0.4 is 10.1 Å². The number of amides is 2. The lowest BCUT2D eigenvalue weighted by molar-refractivity contribution is 0.205. The molecule has 2 aromatic rings. The Hall–Kier alpha value is -2.12. The molecular formula is C18H26N4O2S. The third-order valence-corrected chi connectivity index (χ3v) is 4.43. The standard InChI is InChI=1S/C18H26N4O2S/c1-14-20-16(13-25-14)12-22(4)18(23)19-11-15-7-5-6-8-17(15)24-10-9-21(2)3/h5-8,13H,9-12H2,1-4H3,(H,19,23). The van der Waals surface area contributed by atoms with Gasteiger partial charge in [-0.2, -0.15) is 0 Å². The van der Waals surface area contributed by atoms with Gasteiger partial charge >= 0.3 is 6.03 Å². The van der Waals surface area contributed by atoms with Gasteiger partial charge in [0, 0.05) is 31.1 Å². The quantitative estimate of drug-likeness (QED) is 0.784. The van der Waals surface area contributed by atoms with Crippen LogP contribution >= 0.6 is 11.3 Å². The maximum absolute atomic E-state index is 12.3. The molecule has 2 rings (SSSR count). The number of carbonyl (C=O) groups excluding carboxylic acids is 1.